The Morgan fingerprint density at radius 1 is 1.27 bits per heavy atom. The van der Waals surface area contributed by atoms with Crippen LogP contribution in [0.4, 0.5) is 15.9 Å². The fourth-order valence-electron chi connectivity index (χ4n) is 4.46. The predicted octanol–water partition coefficient (Wildman–Crippen LogP) is 5.47. The van der Waals surface area contributed by atoms with Crippen molar-refractivity contribution in [1.29, 1.82) is 0 Å². The Bertz CT molecular complexity index is 1430. The highest BCUT2D eigenvalue weighted by molar-refractivity contribution is 6.31. The first-order chi connectivity index (χ1) is 17.9. The lowest BCUT2D eigenvalue weighted by atomic mass is 10.1. The van der Waals surface area contributed by atoms with Crippen molar-refractivity contribution >= 4 is 40.2 Å². The van der Waals surface area contributed by atoms with Gasteiger partial charge in [0.1, 0.15) is 17.5 Å². The van der Waals surface area contributed by atoms with Gasteiger partial charge in [-0.25, -0.2) is 14.4 Å². The number of fused-ring (bicyclic) bond motifs is 1. The van der Waals surface area contributed by atoms with Gasteiger partial charge in [-0.15, -0.1) is 0 Å². The van der Waals surface area contributed by atoms with Gasteiger partial charge in [-0.3, -0.25) is 14.4 Å². The second kappa shape index (κ2) is 10.8. The van der Waals surface area contributed by atoms with Crippen molar-refractivity contribution in [2.45, 2.75) is 45.6 Å². The monoisotopic (exact) mass is 521 g/mol. The van der Waals surface area contributed by atoms with E-state index in [4.69, 9.17) is 11.6 Å². The third-order valence-electron chi connectivity index (χ3n) is 6.53. The standard InChI is InChI=1S/C27H29ClFN7O/c1-3-36-16-24-26(34-36)33-25(13-30-24)31-17(2)18-5-4-6-22(11-18)32-27(37)19-7-8-20(23(28)12-19)14-35-10-9-21(29)15-35/h4-8,11-13,16-17,21H,3,9-10,14-15H2,1-2H3,(H,32,37)(H,31,33,34)/t17-,21-/m0/s1. The minimum absolute atomic E-state index is 0.0832. The number of amides is 1. The van der Waals surface area contributed by atoms with Crippen molar-refractivity contribution in [2.24, 2.45) is 0 Å². The Morgan fingerprint density at radius 3 is 2.89 bits per heavy atom. The van der Waals surface area contributed by atoms with Crippen LogP contribution in [0.1, 0.15) is 47.8 Å². The fourth-order valence-corrected chi connectivity index (χ4v) is 4.70. The summed E-state index contributed by atoms with van der Waals surface area (Å²) in [6.45, 7) is 6.50. The van der Waals surface area contributed by atoms with E-state index in [0.717, 1.165) is 23.2 Å². The highest BCUT2D eigenvalue weighted by Gasteiger charge is 2.22. The Hall–Kier alpha value is -3.56. The molecule has 0 spiro atoms. The van der Waals surface area contributed by atoms with Gasteiger partial charge in [0.05, 0.1) is 18.4 Å². The molecule has 2 atom stereocenters. The van der Waals surface area contributed by atoms with Crippen molar-refractivity contribution in [2.75, 3.05) is 23.7 Å². The second-order valence-corrected chi connectivity index (χ2v) is 9.73. The lowest BCUT2D eigenvalue weighted by Gasteiger charge is -2.17. The average Bonchev–Trinajstić information content (AvgIpc) is 3.50. The molecule has 8 nitrogen and oxygen atoms in total. The molecule has 0 saturated carbocycles. The van der Waals surface area contributed by atoms with Crippen molar-refractivity contribution in [1.82, 2.24) is 24.6 Å². The maximum Gasteiger partial charge on any atom is 0.255 e. The molecule has 1 aliphatic heterocycles. The highest BCUT2D eigenvalue weighted by Crippen LogP contribution is 2.25. The van der Waals surface area contributed by atoms with Crippen LogP contribution in [0.3, 0.4) is 0 Å². The van der Waals surface area contributed by atoms with Gasteiger partial charge in [0.2, 0.25) is 5.65 Å². The minimum Gasteiger partial charge on any atom is -0.362 e. The first kappa shape index (κ1) is 25.1. The van der Waals surface area contributed by atoms with Crippen molar-refractivity contribution in [3.8, 4) is 0 Å². The van der Waals surface area contributed by atoms with Gasteiger partial charge >= 0.3 is 0 Å². The number of hydrogen-bond donors (Lipinski definition) is 2. The molecule has 10 heteroatoms. The molecule has 1 fully saturated rings. The van der Waals surface area contributed by atoms with Gasteiger partial charge in [0.25, 0.3) is 5.91 Å². The summed E-state index contributed by atoms with van der Waals surface area (Å²) >= 11 is 6.46. The number of aromatic nitrogens is 4. The van der Waals surface area contributed by atoms with Crippen molar-refractivity contribution in [3.63, 3.8) is 0 Å². The van der Waals surface area contributed by atoms with E-state index in [0.29, 0.717) is 53.8 Å². The molecule has 0 unspecified atom stereocenters. The number of nitrogens with zero attached hydrogens (tertiary/aromatic N) is 5. The fraction of sp³-hybridized carbons (Fsp3) is 0.333. The van der Waals surface area contributed by atoms with Crippen LogP contribution in [0.2, 0.25) is 5.02 Å². The Balaban J connectivity index is 1.23. The molecule has 0 bridgehead atoms. The number of alkyl halides is 1. The summed E-state index contributed by atoms with van der Waals surface area (Å²) in [5.74, 6) is 0.375. The maximum absolute atomic E-state index is 13.5. The molecule has 0 radical (unpaired) electrons. The highest BCUT2D eigenvalue weighted by atomic mass is 35.5. The molecule has 2 aromatic heterocycles. The first-order valence-electron chi connectivity index (χ1n) is 12.4. The average molecular weight is 522 g/mol. The number of carbonyl (C=O) groups is 1. The third kappa shape index (κ3) is 5.89. The van der Waals surface area contributed by atoms with Crippen LogP contribution in [0, 0.1) is 0 Å². The van der Waals surface area contributed by atoms with E-state index in [1.54, 1.807) is 23.0 Å². The molecular weight excluding hydrogens is 493 g/mol. The Kier molecular flexibility index (Phi) is 7.34. The molecule has 2 aromatic carbocycles. The van der Waals surface area contributed by atoms with E-state index in [1.165, 1.54) is 0 Å². The number of benzene rings is 2. The molecule has 3 heterocycles. The van der Waals surface area contributed by atoms with E-state index in [-0.39, 0.29) is 11.9 Å². The minimum atomic E-state index is -0.778. The lowest BCUT2D eigenvalue weighted by Crippen LogP contribution is -2.20. The van der Waals surface area contributed by atoms with Crippen LogP contribution < -0.4 is 10.6 Å². The summed E-state index contributed by atoms with van der Waals surface area (Å²) in [6.07, 6.45) is 3.34. The number of likely N-dealkylation sites (tertiary alicyclic amines) is 1. The summed E-state index contributed by atoms with van der Waals surface area (Å²) in [4.78, 5) is 23.9. The molecule has 192 valence electrons. The van der Waals surface area contributed by atoms with Crippen LogP contribution in [0.15, 0.2) is 54.9 Å². The zero-order chi connectivity index (χ0) is 25.9. The first-order valence-corrected chi connectivity index (χ1v) is 12.8. The van der Waals surface area contributed by atoms with Crippen LogP contribution in [0.25, 0.3) is 11.2 Å². The molecule has 2 N–H and O–H groups in total. The Morgan fingerprint density at radius 2 is 2.14 bits per heavy atom. The van der Waals surface area contributed by atoms with Crippen molar-refractivity contribution in [3.05, 3.63) is 76.6 Å². The van der Waals surface area contributed by atoms with Gasteiger partial charge in [-0.1, -0.05) is 29.8 Å². The largest absolute Gasteiger partial charge is 0.362 e. The second-order valence-electron chi connectivity index (χ2n) is 9.32. The molecular formula is C27H29ClFN7O. The van der Waals surface area contributed by atoms with Crippen LogP contribution in [-0.4, -0.2) is 49.8 Å². The summed E-state index contributed by atoms with van der Waals surface area (Å²) in [5, 5.41) is 11.2. The van der Waals surface area contributed by atoms with Crippen LogP contribution in [0.5, 0.6) is 0 Å². The molecule has 1 amide bonds. The number of nitrogens with one attached hydrogen (secondary N) is 2. The predicted molar refractivity (Wildman–Crippen MR) is 144 cm³/mol. The van der Waals surface area contributed by atoms with Gasteiger partial charge in [-0.2, -0.15) is 5.10 Å². The summed E-state index contributed by atoms with van der Waals surface area (Å²) < 4.78 is 15.3. The number of hydrogen-bond acceptors (Lipinski definition) is 6. The normalized spacial score (nSPS) is 16.7. The molecule has 4 aromatic rings. The van der Waals surface area contributed by atoms with E-state index in [9.17, 15) is 9.18 Å². The topological polar surface area (TPSA) is 88.0 Å². The van der Waals surface area contributed by atoms with E-state index in [1.807, 2.05) is 55.3 Å². The van der Waals surface area contributed by atoms with E-state index >= 15 is 0 Å². The number of carbonyl (C=O) groups excluding carboxylic acids is 1. The summed E-state index contributed by atoms with van der Waals surface area (Å²) in [5.41, 5.74) is 4.34. The lowest BCUT2D eigenvalue weighted by molar-refractivity contribution is 0.102. The molecule has 0 aliphatic carbocycles. The summed E-state index contributed by atoms with van der Waals surface area (Å²) in [7, 11) is 0. The number of anilines is 2. The number of aryl methyl sites for hydroxylation is 1. The van der Waals surface area contributed by atoms with Gasteiger partial charge in [0, 0.05) is 42.5 Å². The quantitative estimate of drug-likeness (QED) is 0.320. The van der Waals surface area contributed by atoms with Gasteiger partial charge < -0.3 is 10.6 Å². The zero-order valence-corrected chi connectivity index (χ0v) is 21.5. The smallest absolute Gasteiger partial charge is 0.255 e. The Labute approximate surface area is 219 Å². The number of halogens is 2. The SMILES string of the molecule is CCn1cc2ncc(N[C@@H](C)c3cccc(NC(=O)c4ccc(CN5CC[C@H](F)C5)c(Cl)c4)c3)nc2n1. The molecule has 5 rings (SSSR count). The van der Waals surface area contributed by atoms with E-state index < -0.39 is 6.17 Å². The summed E-state index contributed by atoms with van der Waals surface area (Å²) in [6, 6.07) is 12.8. The van der Waals surface area contributed by atoms with Crippen LogP contribution >= 0.6 is 11.6 Å². The zero-order valence-electron chi connectivity index (χ0n) is 20.8. The maximum atomic E-state index is 13.5. The third-order valence-corrected chi connectivity index (χ3v) is 6.88. The molecule has 37 heavy (non-hydrogen) atoms. The van der Waals surface area contributed by atoms with Crippen LogP contribution in [-0.2, 0) is 13.1 Å². The van der Waals surface area contributed by atoms with Crippen molar-refractivity contribution < 1.29 is 9.18 Å². The van der Waals surface area contributed by atoms with E-state index in [2.05, 4.69) is 25.7 Å². The number of rotatable bonds is 8. The van der Waals surface area contributed by atoms with Gasteiger partial charge in [-0.05, 0) is 55.7 Å². The molecule has 1 saturated heterocycles. The molecule has 1 aliphatic rings. The van der Waals surface area contributed by atoms with Gasteiger partial charge in [0.15, 0.2) is 0 Å².